The second kappa shape index (κ2) is 8.85. The number of carboxylic acids is 1. The van der Waals surface area contributed by atoms with Gasteiger partial charge in [-0.05, 0) is 24.1 Å². The van der Waals surface area contributed by atoms with Crippen molar-refractivity contribution in [3.8, 4) is 11.5 Å². The molecule has 0 saturated heterocycles. The monoisotopic (exact) mass is 454 g/mol. The molecule has 0 aromatic heterocycles. The highest BCUT2D eigenvalue weighted by atomic mass is 16.6. The molecule has 1 atom stereocenters. The molecule has 9 heteroatoms. The summed E-state index contributed by atoms with van der Waals surface area (Å²) in [5.74, 6) is -6.00. The Bertz CT molecular complexity index is 1140. The van der Waals surface area contributed by atoms with Crippen LogP contribution in [0.1, 0.15) is 65.0 Å². The Hall–Kier alpha value is -4.01. The fourth-order valence-electron chi connectivity index (χ4n) is 4.01. The normalized spacial score (nSPS) is 14.9. The molecular formula is C24H22O9. The Labute approximate surface area is 189 Å². The number of hydrogen-bond donors (Lipinski definition) is 1. The summed E-state index contributed by atoms with van der Waals surface area (Å²) >= 11 is 0. The van der Waals surface area contributed by atoms with Crippen molar-refractivity contribution in [1.29, 1.82) is 0 Å². The zero-order chi connectivity index (χ0) is 24.5. The smallest absolute Gasteiger partial charge is 0.310 e. The SMILES string of the molecule is CCC(C(=O)O)c1cc(OC)c(OC(C)=O)c(C2(OC(C)=O)C(=O)c3ccccc3C2=O)c1. The number of ketones is 2. The highest BCUT2D eigenvalue weighted by molar-refractivity contribution is 6.33. The largest absolute Gasteiger partial charge is 0.493 e. The number of aliphatic carboxylic acids is 1. The maximum atomic E-state index is 13.6. The van der Waals surface area contributed by atoms with Gasteiger partial charge in [-0.15, -0.1) is 0 Å². The molecule has 0 bridgehead atoms. The van der Waals surface area contributed by atoms with Crippen LogP contribution >= 0.6 is 0 Å². The molecule has 1 N–H and O–H groups in total. The van der Waals surface area contributed by atoms with Crippen LogP contribution in [-0.4, -0.2) is 41.7 Å². The number of fused-ring (bicyclic) bond motifs is 1. The molecule has 172 valence electrons. The summed E-state index contributed by atoms with van der Waals surface area (Å²) in [6.07, 6.45) is 0.174. The van der Waals surface area contributed by atoms with Crippen LogP contribution in [-0.2, 0) is 24.7 Å². The first-order valence-corrected chi connectivity index (χ1v) is 10.1. The van der Waals surface area contributed by atoms with E-state index in [0.717, 1.165) is 13.8 Å². The summed E-state index contributed by atoms with van der Waals surface area (Å²) in [6.45, 7) is 3.78. The summed E-state index contributed by atoms with van der Waals surface area (Å²) in [7, 11) is 1.25. The third-order valence-electron chi connectivity index (χ3n) is 5.38. The van der Waals surface area contributed by atoms with Crippen molar-refractivity contribution < 1.29 is 43.3 Å². The summed E-state index contributed by atoms with van der Waals surface area (Å²) in [6, 6.07) is 8.53. The van der Waals surface area contributed by atoms with Gasteiger partial charge in [0.05, 0.1) is 18.6 Å². The average molecular weight is 454 g/mol. The number of ether oxygens (including phenoxy) is 3. The van der Waals surface area contributed by atoms with Gasteiger partial charge in [0.2, 0.25) is 11.6 Å². The summed E-state index contributed by atoms with van der Waals surface area (Å²) in [5, 5.41) is 9.67. The van der Waals surface area contributed by atoms with E-state index in [4.69, 9.17) is 14.2 Å². The molecule has 2 aromatic rings. The summed E-state index contributed by atoms with van der Waals surface area (Å²) in [5.41, 5.74) is -2.58. The molecule has 33 heavy (non-hydrogen) atoms. The number of carbonyl (C=O) groups is 5. The lowest BCUT2D eigenvalue weighted by molar-refractivity contribution is -0.149. The van der Waals surface area contributed by atoms with Crippen molar-refractivity contribution in [2.75, 3.05) is 7.11 Å². The van der Waals surface area contributed by atoms with E-state index in [2.05, 4.69) is 0 Å². The van der Waals surface area contributed by atoms with E-state index in [9.17, 15) is 29.1 Å². The van der Waals surface area contributed by atoms with Crippen molar-refractivity contribution in [2.45, 2.75) is 38.7 Å². The lowest BCUT2D eigenvalue weighted by Crippen LogP contribution is -2.43. The Morgan fingerprint density at radius 1 is 1.00 bits per heavy atom. The van der Waals surface area contributed by atoms with E-state index in [0.29, 0.717) is 0 Å². The highest BCUT2D eigenvalue weighted by Crippen LogP contribution is 2.48. The first-order valence-electron chi connectivity index (χ1n) is 10.1. The van der Waals surface area contributed by atoms with Crippen molar-refractivity contribution in [3.05, 3.63) is 58.7 Å². The number of esters is 2. The van der Waals surface area contributed by atoms with Gasteiger partial charge in [0.1, 0.15) is 0 Å². The number of carbonyl (C=O) groups excluding carboxylic acids is 4. The van der Waals surface area contributed by atoms with Crippen LogP contribution < -0.4 is 9.47 Å². The Morgan fingerprint density at radius 3 is 2.00 bits per heavy atom. The predicted octanol–water partition coefficient (Wildman–Crippen LogP) is 3.04. The van der Waals surface area contributed by atoms with Gasteiger partial charge in [0, 0.05) is 25.0 Å². The number of benzene rings is 2. The van der Waals surface area contributed by atoms with Crippen LogP contribution in [0.3, 0.4) is 0 Å². The topological polar surface area (TPSA) is 133 Å². The van der Waals surface area contributed by atoms with Crippen LogP contribution in [0.4, 0.5) is 0 Å². The molecule has 0 amide bonds. The minimum atomic E-state index is -2.51. The van der Waals surface area contributed by atoms with E-state index in [1.807, 2.05) is 0 Å². The third-order valence-corrected chi connectivity index (χ3v) is 5.38. The molecule has 0 radical (unpaired) electrons. The van der Waals surface area contributed by atoms with Crippen LogP contribution in [0.15, 0.2) is 36.4 Å². The Kier molecular flexibility index (Phi) is 6.34. The molecule has 1 aliphatic carbocycles. The summed E-state index contributed by atoms with van der Waals surface area (Å²) in [4.78, 5) is 63.1. The van der Waals surface area contributed by atoms with Crippen molar-refractivity contribution in [3.63, 3.8) is 0 Å². The van der Waals surface area contributed by atoms with Crippen LogP contribution in [0, 0.1) is 0 Å². The van der Waals surface area contributed by atoms with E-state index in [1.165, 1.54) is 31.4 Å². The minimum Gasteiger partial charge on any atom is -0.493 e. The van der Waals surface area contributed by atoms with Gasteiger partial charge in [0.15, 0.2) is 11.5 Å². The molecule has 0 spiro atoms. The lowest BCUT2D eigenvalue weighted by Gasteiger charge is -2.29. The predicted molar refractivity (Wildman–Crippen MR) is 114 cm³/mol. The van der Waals surface area contributed by atoms with E-state index in [-0.39, 0.29) is 40.2 Å². The molecule has 3 rings (SSSR count). The van der Waals surface area contributed by atoms with Gasteiger partial charge in [-0.3, -0.25) is 24.0 Å². The number of hydrogen-bond acceptors (Lipinski definition) is 8. The van der Waals surface area contributed by atoms with Crippen molar-refractivity contribution in [2.24, 2.45) is 0 Å². The highest BCUT2D eigenvalue weighted by Gasteiger charge is 2.59. The molecule has 0 aliphatic heterocycles. The first kappa shape index (κ1) is 23.6. The maximum Gasteiger partial charge on any atom is 0.310 e. The Morgan fingerprint density at radius 2 is 1.58 bits per heavy atom. The molecule has 1 unspecified atom stereocenters. The second-order valence-corrected chi connectivity index (χ2v) is 7.47. The van der Waals surface area contributed by atoms with Gasteiger partial charge >= 0.3 is 17.9 Å². The van der Waals surface area contributed by atoms with Crippen LogP contribution in [0.2, 0.25) is 0 Å². The van der Waals surface area contributed by atoms with Gasteiger partial charge in [0.25, 0.3) is 5.60 Å². The van der Waals surface area contributed by atoms with Crippen molar-refractivity contribution >= 4 is 29.5 Å². The molecule has 2 aromatic carbocycles. The molecule has 0 heterocycles. The maximum absolute atomic E-state index is 13.6. The fourth-order valence-corrected chi connectivity index (χ4v) is 4.01. The average Bonchev–Trinajstić information content (AvgIpc) is 2.96. The van der Waals surface area contributed by atoms with E-state index in [1.54, 1.807) is 19.1 Å². The lowest BCUT2D eigenvalue weighted by atomic mass is 9.84. The number of rotatable bonds is 7. The molecule has 9 nitrogen and oxygen atoms in total. The van der Waals surface area contributed by atoms with Crippen LogP contribution in [0.5, 0.6) is 11.5 Å². The molecule has 0 fully saturated rings. The van der Waals surface area contributed by atoms with E-state index < -0.39 is 41.0 Å². The fraction of sp³-hybridized carbons (Fsp3) is 0.292. The number of Topliss-reactive ketones (excluding diaryl/α,β-unsaturated/α-hetero) is 2. The third kappa shape index (κ3) is 3.86. The zero-order valence-electron chi connectivity index (χ0n) is 18.5. The van der Waals surface area contributed by atoms with E-state index >= 15 is 0 Å². The number of carboxylic acid groups (broad SMARTS) is 1. The zero-order valence-corrected chi connectivity index (χ0v) is 18.5. The quantitative estimate of drug-likeness (QED) is 0.381. The molecule has 1 aliphatic rings. The van der Waals surface area contributed by atoms with Crippen molar-refractivity contribution in [1.82, 2.24) is 0 Å². The van der Waals surface area contributed by atoms with Crippen LogP contribution in [0.25, 0.3) is 0 Å². The van der Waals surface area contributed by atoms with Gasteiger partial charge in [-0.25, -0.2) is 0 Å². The molecule has 0 saturated carbocycles. The second-order valence-electron chi connectivity index (χ2n) is 7.47. The first-order chi connectivity index (χ1) is 15.6. The summed E-state index contributed by atoms with van der Waals surface area (Å²) < 4.78 is 16.0. The number of methoxy groups -OCH3 is 1. The standard InChI is InChI=1S/C24H22O9/c1-5-15(23(29)30)14-10-18(20(32-12(2)25)19(11-14)31-4)24(33-13(3)26)21(27)16-8-6-7-9-17(16)22(24)28/h6-11,15H,5H2,1-4H3,(H,29,30). The van der Waals surface area contributed by atoms with Gasteiger partial charge in [-0.2, -0.15) is 0 Å². The molecular weight excluding hydrogens is 432 g/mol. The minimum absolute atomic E-state index is 0.0205. The van der Waals surface area contributed by atoms with Gasteiger partial charge in [-0.1, -0.05) is 31.2 Å². The Balaban J connectivity index is 2.44. The van der Waals surface area contributed by atoms with Gasteiger partial charge < -0.3 is 19.3 Å².